The Balaban J connectivity index is 1.60. The zero-order chi connectivity index (χ0) is 27.6. The largest absolute Gasteiger partial charge is 0.508 e. The average molecular weight is 534 g/mol. The van der Waals surface area contributed by atoms with Gasteiger partial charge in [0.25, 0.3) is 0 Å². The highest BCUT2D eigenvalue weighted by Gasteiger charge is 2.38. The summed E-state index contributed by atoms with van der Waals surface area (Å²) < 4.78 is 6.04. The van der Waals surface area contributed by atoms with Gasteiger partial charge in [-0.25, -0.2) is 0 Å². The molecule has 0 radical (unpaired) electrons. The molecule has 8 nitrogen and oxygen atoms in total. The summed E-state index contributed by atoms with van der Waals surface area (Å²) in [5, 5.41) is 16.0. The molecular formula is C31H39N3O5. The van der Waals surface area contributed by atoms with Gasteiger partial charge in [0.1, 0.15) is 18.1 Å². The molecule has 0 bridgehead atoms. The lowest BCUT2D eigenvalue weighted by Crippen LogP contribution is -2.52. The predicted molar refractivity (Wildman–Crippen MR) is 150 cm³/mol. The van der Waals surface area contributed by atoms with Crippen molar-refractivity contribution in [1.82, 2.24) is 15.5 Å². The second-order valence-corrected chi connectivity index (χ2v) is 10.3. The van der Waals surface area contributed by atoms with Crippen molar-refractivity contribution >= 4 is 23.7 Å². The van der Waals surface area contributed by atoms with Gasteiger partial charge in [-0.2, -0.15) is 0 Å². The van der Waals surface area contributed by atoms with Crippen LogP contribution in [0.4, 0.5) is 0 Å². The molecule has 2 aliphatic heterocycles. The van der Waals surface area contributed by atoms with Crippen molar-refractivity contribution in [1.29, 1.82) is 0 Å². The molecule has 2 aliphatic rings. The fourth-order valence-corrected chi connectivity index (χ4v) is 5.37. The second kappa shape index (κ2) is 13.9. The van der Waals surface area contributed by atoms with Crippen molar-refractivity contribution in [3.8, 4) is 11.5 Å². The number of benzene rings is 2. The number of amides is 2. The number of phenolic OH excluding ortho intramolecular Hbond substituents is 1. The summed E-state index contributed by atoms with van der Waals surface area (Å²) in [5.41, 5.74) is 1.80. The van der Waals surface area contributed by atoms with Gasteiger partial charge < -0.3 is 25.4 Å². The number of ketones is 1. The summed E-state index contributed by atoms with van der Waals surface area (Å²) in [6, 6.07) is 13.4. The molecule has 2 heterocycles. The summed E-state index contributed by atoms with van der Waals surface area (Å²) in [4.78, 5) is 42.0. The summed E-state index contributed by atoms with van der Waals surface area (Å²) in [7, 11) is 0. The molecule has 0 aromatic heterocycles. The van der Waals surface area contributed by atoms with E-state index >= 15 is 0 Å². The van der Waals surface area contributed by atoms with Crippen LogP contribution in [0.3, 0.4) is 0 Å². The van der Waals surface area contributed by atoms with Crippen LogP contribution in [0.1, 0.15) is 50.2 Å². The highest BCUT2D eigenvalue weighted by atomic mass is 16.5. The number of carbonyl (C=O) groups excluding carboxylic acids is 3. The van der Waals surface area contributed by atoms with Crippen molar-refractivity contribution in [2.75, 3.05) is 26.2 Å². The maximum atomic E-state index is 13.8. The van der Waals surface area contributed by atoms with Gasteiger partial charge in [0.2, 0.25) is 11.8 Å². The molecule has 1 saturated heterocycles. The molecular weight excluding hydrogens is 494 g/mol. The third kappa shape index (κ3) is 7.69. The maximum absolute atomic E-state index is 13.8. The number of rotatable bonds is 4. The van der Waals surface area contributed by atoms with E-state index in [0.29, 0.717) is 45.5 Å². The third-order valence-corrected chi connectivity index (χ3v) is 7.40. The number of nitrogens with zero attached hydrogens (tertiary/aromatic N) is 1. The number of Topliss-reactive ketones (excluding diaryl/α,β-unsaturated/α-hetero) is 1. The SMILES string of the molecule is CCC[C@@H]1CC(=O)C2CCCN2C(=O)[C@@H](Cc2ccc(O)cc2)NCCOc2ccccc2/C=C/CNC1=O. The van der Waals surface area contributed by atoms with E-state index in [1.165, 1.54) is 0 Å². The summed E-state index contributed by atoms with van der Waals surface area (Å²) >= 11 is 0. The van der Waals surface area contributed by atoms with E-state index in [0.717, 1.165) is 29.7 Å². The topological polar surface area (TPSA) is 108 Å². The molecule has 1 fully saturated rings. The van der Waals surface area contributed by atoms with E-state index in [1.54, 1.807) is 29.2 Å². The van der Waals surface area contributed by atoms with Gasteiger partial charge in [0, 0.05) is 37.5 Å². The van der Waals surface area contributed by atoms with Crippen LogP contribution in [0.15, 0.2) is 54.6 Å². The zero-order valence-electron chi connectivity index (χ0n) is 22.6. The molecule has 0 aliphatic carbocycles. The van der Waals surface area contributed by atoms with Gasteiger partial charge >= 0.3 is 0 Å². The zero-order valence-corrected chi connectivity index (χ0v) is 22.6. The van der Waals surface area contributed by atoms with Crippen molar-refractivity contribution in [2.45, 2.75) is 57.5 Å². The number of para-hydroxylation sites is 1. The van der Waals surface area contributed by atoms with E-state index in [9.17, 15) is 19.5 Å². The molecule has 0 spiro atoms. The van der Waals surface area contributed by atoms with Gasteiger partial charge in [-0.3, -0.25) is 14.4 Å². The average Bonchev–Trinajstić information content (AvgIpc) is 3.43. The molecule has 208 valence electrons. The Hall–Kier alpha value is -3.65. The van der Waals surface area contributed by atoms with Crippen LogP contribution in [-0.2, 0) is 20.8 Å². The predicted octanol–water partition coefficient (Wildman–Crippen LogP) is 3.48. The number of phenols is 1. The van der Waals surface area contributed by atoms with Crippen molar-refractivity contribution in [2.24, 2.45) is 5.92 Å². The molecule has 8 heteroatoms. The number of hydrogen-bond acceptors (Lipinski definition) is 6. The first-order valence-corrected chi connectivity index (χ1v) is 14.0. The molecule has 3 N–H and O–H groups in total. The first kappa shape index (κ1) is 28.4. The number of hydrogen-bond donors (Lipinski definition) is 3. The van der Waals surface area contributed by atoms with E-state index in [4.69, 9.17) is 4.74 Å². The van der Waals surface area contributed by atoms with Gasteiger partial charge in [-0.15, -0.1) is 0 Å². The molecule has 0 saturated carbocycles. The lowest BCUT2D eigenvalue weighted by atomic mass is 9.92. The van der Waals surface area contributed by atoms with E-state index in [1.807, 2.05) is 43.3 Å². The summed E-state index contributed by atoms with van der Waals surface area (Å²) in [6.45, 7) is 3.67. The Bertz CT molecular complexity index is 1160. The maximum Gasteiger partial charge on any atom is 0.240 e. The Labute approximate surface area is 230 Å². The molecule has 2 aromatic rings. The van der Waals surface area contributed by atoms with E-state index < -0.39 is 18.0 Å². The van der Waals surface area contributed by atoms with Crippen molar-refractivity contribution < 1.29 is 24.2 Å². The van der Waals surface area contributed by atoms with Gasteiger partial charge in [0.05, 0.1) is 12.1 Å². The minimum absolute atomic E-state index is 0.0493. The van der Waals surface area contributed by atoms with Gasteiger partial charge in [-0.1, -0.05) is 55.8 Å². The normalized spacial score (nSPS) is 24.1. The molecule has 1 unspecified atom stereocenters. The van der Waals surface area contributed by atoms with Crippen LogP contribution in [0, 0.1) is 5.92 Å². The van der Waals surface area contributed by atoms with Gasteiger partial charge in [-0.05, 0) is 49.4 Å². The van der Waals surface area contributed by atoms with Crippen molar-refractivity contribution in [3.63, 3.8) is 0 Å². The van der Waals surface area contributed by atoms with Crippen molar-refractivity contribution in [3.05, 3.63) is 65.7 Å². The number of nitrogens with one attached hydrogen (secondary N) is 2. The van der Waals surface area contributed by atoms with Crippen LogP contribution in [0.2, 0.25) is 0 Å². The monoisotopic (exact) mass is 533 g/mol. The van der Waals surface area contributed by atoms with Crippen LogP contribution in [0.5, 0.6) is 11.5 Å². The highest BCUT2D eigenvalue weighted by Crippen LogP contribution is 2.25. The Morgan fingerprint density at radius 3 is 2.67 bits per heavy atom. The Morgan fingerprint density at radius 1 is 1.08 bits per heavy atom. The number of aromatic hydroxyl groups is 1. The summed E-state index contributed by atoms with van der Waals surface area (Å²) in [6.07, 6.45) is 7.11. The number of ether oxygens (including phenoxy) is 1. The van der Waals surface area contributed by atoms with E-state index in [2.05, 4.69) is 10.6 Å². The molecule has 39 heavy (non-hydrogen) atoms. The Kier molecular flexibility index (Phi) is 10.1. The number of carbonyl (C=O) groups is 3. The molecule has 3 atom stereocenters. The van der Waals surface area contributed by atoms with E-state index in [-0.39, 0.29) is 29.8 Å². The Morgan fingerprint density at radius 2 is 1.87 bits per heavy atom. The second-order valence-electron chi connectivity index (χ2n) is 10.3. The minimum atomic E-state index is -0.560. The molecule has 4 rings (SSSR count). The fourth-order valence-electron chi connectivity index (χ4n) is 5.37. The standard InChI is InChI=1S/C31H39N3O5/c1-2-7-24-21-28(36)27-10-6-18-34(27)31(38)26(20-22-12-14-25(35)15-13-22)32-17-19-39-29-11-4-3-8-23(29)9-5-16-33-30(24)37/h3-5,8-9,11-15,24,26-27,32,35H,2,6-7,10,16-21H2,1H3,(H,33,37)/b9-5+/t24-,26-,27?/m1/s1. The fraction of sp³-hybridized carbons (Fsp3) is 0.452. The first-order valence-electron chi connectivity index (χ1n) is 14.0. The van der Waals surface area contributed by atoms with Crippen LogP contribution < -0.4 is 15.4 Å². The highest BCUT2D eigenvalue weighted by molar-refractivity contribution is 5.94. The minimum Gasteiger partial charge on any atom is -0.508 e. The molecule has 2 amide bonds. The quantitative estimate of drug-likeness (QED) is 0.556. The van der Waals surface area contributed by atoms with Crippen LogP contribution in [-0.4, -0.2) is 65.9 Å². The summed E-state index contributed by atoms with van der Waals surface area (Å²) in [5.74, 6) is 0.155. The van der Waals surface area contributed by atoms with Crippen LogP contribution >= 0.6 is 0 Å². The lowest BCUT2D eigenvalue weighted by Gasteiger charge is -2.29. The van der Waals surface area contributed by atoms with Gasteiger partial charge in [0.15, 0.2) is 5.78 Å². The number of fused-ring (bicyclic) bond motifs is 2. The molecule has 2 aromatic carbocycles. The lowest BCUT2D eigenvalue weighted by molar-refractivity contribution is -0.140. The smallest absolute Gasteiger partial charge is 0.240 e. The first-order chi connectivity index (χ1) is 19.0. The third-order valence-electron chi connectivity index (χ3n) is 7.40. The van der Waals surface area contributed by atoms with Crippen LogP contribution in [0.25, 0.3) is 6.08 Å².